The number of amides is 3. The fourth-order valence-corrected chi connectivity index (χ4v) is 3.30. The highest BCUT2D eigenvalue weighted by molar-refractivity contribution is 5.86. The fourth-order valence-electron chi connectivity index (χ4n) is 3.30. The van der Waals surface area contributed by atoms with Crippen molar-refractivity contribution in [2.45, 2.75) is 104 Å². The van der Waals surface area contributed by atoms with E-state index in [2.05, 4.69) is 10.6 Å². The van der Waals surface area contributed by atoms with E-state index in [0.29, 0.717) is 12.8 Å². The van der Waals surface area contributed by atoms with Crippen LogP contribution in [0.15, 0.2) is 0 Å². The van der Waals surface area contributed by atoms with Crippen molar-refractivity contribution in [3.8, 4) is 0 Å². The molecule has 3 amide bonds. The number of carboxylic acids is 1. The standard InChI is InChI=1S/C22H39N3O7/c1-9-13(2)16(24-19(29)31-21(3,4)5)17(26)23-14-10-11-25(15(12-14)18(27)28)20(30)32-22(6,7)8/h13-16H,9-12H2,1-8H3,(H,23,26)(H,24,29)(H,27,28)/t13-,14?,15?,16-/m0/s1. The molecule has 10 heteroatoms. The molecule has 0 spiro atoms. The zero-order valence-electron chi connectivity index (χ0n) is 20.5. The second kappa shape index (κ2) is 10.9. The van der Waals surface area contributed by atoms with Gasteiger partial charge in [0.2, 0.25) is 5.91 Å². The first kappa shape index (κ1) is 27.5. The van der Waals surface area contributed by atoms with Crippen molar-refractivity contribution < 1.29 is 33.8 Å². The largest absolute Gasteiger partial charge is 0.480 e. The van der Waals surface area contributed by atoms with Gasteiger partial charge in [0.25, 0.3) is 0 Å². The third-order valence-corrected chi connectivity index (χ3v) is 5.03. The van der Waals surface area contributed by atoms with Gasteiger partial charge in [-0.2, -0.15) is 0 Å². The van der Waals surface area contributed by atoms with E-state index in [1.165, 1.54) is 4.90 Å². The van der Waals surface area contributed by atoms with Gasteiger partial charge < -0.3 is 25.2 Å². The third-order valence-electron chi connectivity index (χ3n) is 5.03. The maximum Gasteiger partial charge on any atom is 0.411 e. The van der Waals surface area contributed by atoms with Crippen LogP contribution in [0.2, 0.25) is 0 Å². The first-order valence-electron chi connectivity index (χ1n) is 11.1. The molecule has 0 bridgehead atoms. The first-order valence-corrected chi connectivity index (χ1v) is 11.1. The van der Waals surface area contributed by atoms with E-state index >= 15 is 0 Å². The Balaban J connectivity index is 2.86. The van der Waals surface area contributed by atoms with Crippen molar-refractivity contribution in [3.05, 3.63) is 0 Å². The summed E-state index contributed by atoms with van der Waals surface area (Å²) in [7, 11) is 0. The fraction of sp³-hybridized carbons (Fsp3) is 0.818. The van der Waals surface area contributed by atoms with Gasteiger partial charge in [0.15, 0.2) is 0 Å². The number of carboxylic acid groups (broad SMARTS) is 1. The molecule has 1 heterocycles. The Morgan fingerprint density at radius 3 is 2.09 bits per heavy atom. The van der Waals surface area contributed by atoms with Gasteiger partial charge in [-0.1, -0.05) is 20.3 Å². The Hall–Kier alpha value is -2.52. The Morgan fingerprint density at radius 2 is 1.62 bits per heavy atom. The van der Waals surface area contributed by atoms with Crippen LogP contribution in [-0.2, 0) is 19.1 Å². The molecule has 0 radical (unpaired) electrons. The number of hydrogen-bond acceptors (Lipinski definition) is 6. The minimum Gasteiger partial charge on any atom is -0.480 e. The molecule has 1 aliphatic rings. The number of nitrogens with zero attached hydrogens (tertiary/aromatic N) is 1. The van der Waals surface area contributed by atoms with Crippen molar-refractivity contribution >= 4 is 24.1 Å². The summed E-state index contributed by atoms with van der Waals surface area (Å²) in [4.78, 5) is 50.6. The molecule has 32 heavy (non-hydrogen) atoms. The number of nitrogens with one attached hydrogen (secondary N) is 2. The van der Waals surface area contributed by atoms with Crippen molar-refractivity contribution in [3.63, 3.8) is 0 Å². The van der Waals surface area contributed by atoms with Crippen LogP contribution in [-0.4, -0.2) is 69.9 Å². The number of piperidine rings is 1. The van der Waals surface area contributed by atoms with Crippen LogP contribution in [0.1, 0.15) is 74.7 Å². The summed E-state index contributed by atoms with van der Waals surface area (Å²) in [6, 6.07) is -2.42. The predicted octanol–water partition coefficient (Wildman–Crippen LogP) is 2.89. The number of likely N-dealkylation sites (tertiary alicyclic amines) is 1. The zero-order valence-corrected chi connectivity index (χ0v) is 20.5. The van der Waals surface area contributed by atoms with Gasteiger partial charge >= 0.3 is 18.2 Å². The maximum absolute atomic E-state index is 13.0. The number of hydrogen-bond donors (Lipinski definition) is 3. The van der Waals surface area contributed by atoms with Crippen LogP contribution in [0.3, 0.4) is 0 Å². The molecular weight excluding hydrogens is 418 g/mol. The van der Waals surface area contributed by atoms with Gasteiger partial charge in [-0.05, 0) is 60.3 Å². The lowest BCUT2D eigenvalue weighted by Gasteiger charge is -2.38. The summed E-state index contributed by atoms with van der Waals surface area (Å²) in [5.41, 5.74) is -1.45. The molecule has 3 N–H and O–H groups in total. The summed E-state index contributed by atoms with van der Waals surface area (Å²) < 4.78 is 10.6. The number of carbonyl (C=O) groups excluding carboxylic acids is 3. The highest BCUT2D eigenvalue weighted by atomic mass is 16.6. The summed E-state index contributed by atoms with van der Waals surface area (Å²) >= 11 is 0. The molecule has 4 atom stereocenters. The van der Waals surface area contributed by atoms with Crippen molar-refractivity contribution in [1.82, 2.24) is 15.5 Å². The normalized spacial score (nSPS) is 21.2. The van der Waals surface area contributed by atoms with Crippen LogP contribution in [0, 0.1) is 5.92 Å². The van der Waals surface area contributed by atoms with E-state index in [0.717, 1.165) is 0 Å². The van der Waals surface area contributed by atoms with Gasteiger partial charge in [0.05, 0.1) is 0 Å². The van der Waals surface area contributed by atoms with Gasteiger partial charge in [0, 0.05) is 12.6 Å². The topological polar surface area (TPSA) is 134 Å². The molecule has 1 aliphatic heterocycles. The Kier molecular flexibility index (Phi) is 9.35. The Morgan fingerprint density at radius 1 is 1.06 bits per heavy atom. The molecule has 1 rings (SSSR count). The number of alkyl carbamates (subject to hydrolysis) is 1. The van der Waals surface area contributed by atoms with Gasteiger partial charge in [0.1, 0.15) is 23.3 Å². The van der Waals surface area contributed by atoms with E-state index in [1.54, 1.807) is 41.5 Å². The van der Waals surface area contributed by atoms with Crippen molar-refractivity contribution in [2.75, 3.05) is 6.54 Å². The minimum atomic E-state index is -1.17. The molecule has 184 valence electrons. The average Bonchev–Trinajstić information content (AvgIpc) is 2.62. The van der Waals surface area contributed by atoms with Crippen LogP contribution in [0.25, 0.3) is 0 Å². The van der Waals surface area contributed by atoms with Gasteiger partial charge in [-0.25, -0.2) is 14.4 Å². The SMILES string of the molecule is CC[C@H](C)[C@H](NC(=O)OC(C)(C)C)C(=O)NC1CCN(C(=O)OC(C)(C)C)C(C(=O)O)C1. The van der Waals surface area contributed by atoms with Gasteiger partial charge in [-0.15, -0.1) is 0 Å². The minimum absolute atomic E-state index is 0.0416. The summed E-state index contributed by atoms with van der Waals surface area (Å²) in [5.74, 6) is -1.75. The number of aliphatic carboxylic acids is 1. The van der Waals surface area contributed by atoms with E-state index < -0.39 is 53.4 Å². The van der Waals surface area contributed by atoms with Crippen LogP contribution < -0.4 is 10.6 Å². The second-order valence-electron chi connectivity index (χ2n) is 10.3. The molecule has 0 saturated carbocycles. The number of ether oxygens (including phenoxy) is 2. The molecule has 10 nitrogen and oxygen atoms in total. The van der Waals surface area contributed by atoms with E-state index in [1.807, 2.05) is 13.8 Å². The molecule has 1 fully saturated rings. The van der Waals surface area contributed by atoms with Gasteiger partial charge in [-0.3, -0.25) is 9.69 Å². The van der Waals surface area contributed by atoms with Crippen LogP contribution in [0.5, 0.6) is 0 Å². The third kappa shape index (κ3) is 8.92. The molecular formula is C22H39N3O7. The van der Waals surface area contributed by atoms with Crippen LogP contribution >= 0.6 is 0 Å². The highest BCUT2D eigenvalue weighted by Crippen LogP contribution is 2.22. The average molecular weight is 458 g/mol. The molecule has 0 aliphatic carbocycles. The summed E-state index contributed by atoms with van der Waals surface area (Å²) in [5, 5.41) is 15.1. The second-order valence-corrected chi connectivity index (χ2v) is 10.3. The monoisotopic (exact) mass is 457 g/mol. The molecule has 2 unspecified atom stereocenters. The van der Waals surface area contributed by atoms with E-state index in [9.17, 15) is 24.3 Å². The quantitative estimate of drug-likeness (QED) is 0.558. The van der Waals surface area contributed by atoms with E-state index in [-0.39, 0.29) is 18.9 Å². The molecule has 0 aromatic carbocycles. The molecule has 1 saturated heterocycles. The Labute approximate surface area is 190 Å². The van der Waals surface area contributed by atoms with Crippen molar-refractivity contribution in [1.29, 1.82) is 0 Å². The summed E-state index contributed by atoms with van der Waals surface area (Å²) in [6.07, 6.45) is -0.336. The smallest absolute Gasteiger partial charge is 0.411 e. The first-order chi connectivity index (χ1) is 14.5. The molecule has 0 aromatic rings. The lowest BCUT2D eigenvalue weighted by Crippen LogP contribution is -2.58. The lowest BCUT2D eigenvalue weighted by molar-refractivity contribution is -0.145. The van der Waals surface area contributed by atoms with Crippen LogP contribution in [0.4, 0.5) is 9.59 Å². The molecule has 0 aromatic heterocycles. The Bertz CT molecular complexity index is 697. The highest BCUT2D eigenvalue weighted by Gasteiger charge is 2.39. The number of rotatable bonds is 6. The zero-order chi connectivity index (χ0) is 24.9. The predicted molar refractivity (Wildman–Crippen MR) is 118 cm³/mol. The van der Waals surface area contributed by atoms with Crippen molar-refractivity contribution in [2.24, 2.45) is 5.92 Å². The van der Waals surface area contributed by atoms with E-state index in [4.69, 9.17) is 9.47 Å². The number of carbonyl (C=O) groups is 4. The summed E-state index contributed by atoms with van der Waals surface area (Å²) in [6.45, 7) is 14.2. The maximum atomic E-state index is 13.0. The lowest BCUT2D eigenvalue weighted by atomic mass is 9.95.